The molecule has 43 heavy (non-hydrogen) atoms. The summed E-state index contributed by atoms with van der Waals surface area (Å²) in [6, 6.07) is -1.03. The second kappa shape index (κ2) is 13.9. The highest BCUT2D eigenvalue weighted by Crippen LogP contribution is 2.42. The van der Waals surface area contributed by atoms with Gasteiger partial charge in [-0.15, -0.1) is 0 Å². The van der Waals surface area contributed by atoms with E-state index in [1.165, 1.54) is 4.90 Å². The second-order valence-electron chi connectivity index (χ2n) is 14.5. The fourth-order valence-corrected chi connectivity index (χ4v) is 7.52. The zero-order valence-electron chi connectivity index (χ0n) is 28.1. The average Bonchev–Trinajstić information content (AvgIpc) is 3.24. The molecule has 0 radical (unpaired) electrons. The minimum Gasteiger partial charge on any atom is -0.458 e. The van der Waals surface area contributed by atoms with E-state index in [1.54, 1.807) is 20.8 Å². The maximum atomic E-state index is 14.1. The van der Waals surface area contributed by atoms with E-state index in [-0.39, 0.29) is 36.2 Å². The first-order valence-electron chi connectivity index (χ1n) is 16.2. The Labute approximate surface area is 258 Å². The minimum atomic E-state index is -1.07. The molecule has 0 saturated carbocycles. The first-order chi connectivity index (χ1) is 19.9. The predicted octanol–water partition coefficient (Wildman–Crippen LogP) is 4.75. The van der Waals surface area contributed by atoms with Gasteiger partial charge in [-0.25, -0.2) is 4.79 Å². The van der Waals surface area contributed by atoms with Crippen LogP contribution in [0, 0.1) is 40.9 Å². The summed E-state index contributed by atoms with van der Waals surface area (Å²) in [6.45, 7) is 21.2. The fraction of sp³-hybridized carbons (Fsp3) is 0.879. The van der Waals surface area contributed by atoms with Crippen molar-refractivity contribution in [2.75, 3.05) is 6.54 Å². The van der Waals surface area contributed by atoms with Crippen LogP contribution < -0.4 is 5.73 Å². The van der Waals surface area contributed by atoms with Crippen LogP contribution in [0.3, 0.4) is 0 Å². The quantitative estimate of drug-likeness (QED) is 0.347. The molecule has 3 heterocycles. The van der Waals surface area contributed by atoms with Crippen LogP contribution in [0.4, 0.5) is 4.79 Å². The molecule has 3 rings (SSSR count). The molecule has 0 aliphatic carbocycles. The largest absolute Gasteiger partial charge is 0.458 e. The van der Waals surface area contributed by atoms with Gasteiger partial charge in [0.2, 0.25) is 0 Å². The smallest absolute Gasteiger partial charge is 0.410 e. The number of hydrogen-bond donors (Lipinski definition) is 1. The molecule has 1 amide bonds. The first kappa shape index (κ1) is 35.4. The van der Waals surface area contributed by atoms with Crippen LogP contribution >= 0.6 is 0 Å². The monoisotopic (exact) mass is 608 g/mol. The van der Waals surface area contributed by atoms with Gasteiger partial charge in [-0.05, 0) is 51.4 Å². The van der Waals surface area contributed by atoms with Gasteiger partial charge in [0.1, 0.15) is 17.8 Å². The highest BCUT2D eigenvalue weighted by Gasteiger charge is 2.53. The lowest BCUT2D eigenvalue weighted by Crippen LogP contribution is -2.53. The normalized spacial score (nSPS) is 42.1. The number of ketones is 2. The van der Waals surface area contributed by atoms with E-state index in [1.807, 2.05) is 41.5 Å². The van der Waals surface area contributed by atoms with Gasteiger partial charge in [-0.1, -0.05) is 55.4 Å². The predicted molar refractivity (Wildman–Crippen MR) is 162 cm³/mol. The number of Topliss-reactive ketones (excluding diaryl/α,β-unsaturated/α-hetero) is 2. The van der Waals surface area contributed by atoms with Crippen molar-refractivity contribution >= 4 is 23.6 Å². The maximum absolute atomic E-state index is 14.1. The summed E-state index contributed by atoms with van der Waals surface area (Å²) < 4.78 is 24.7. The number of nitrogens with zero attached hydrogens (tertiary/aromatic N) is 1. The molecular weight excluding hydrogens is 552 g/mol. The average molecular weight is 609 g/mol. The Morgan fingerprint density at radius 2 is 1.60 bits per heavy atom. The van der Waals surface area contributed by atoms with Crippen molar-refractivity contribution in [2.24, 2.45) is 46.7 Å². The Morgan fingerprint density at radius 3 is 2.19 bits per heavy atom. The summed E-state index contributed by atoms with van der Waals surface area (Å²) in [4.78, 5) is 56.1. The molecule has 3 saturated heterocycles. The number of cyclic esters (lactones) is 1. The van der Waals surface area contributed by atoms with Gasteiger partial charge in [0, 0.05) is 36.3 Å². The Hall–Kier alpha value is -2.04. The maximum Gasteiger partial charge on any atom is 0.410 e. The van der Waals surface area contributed by atoms with Crippen molar-refractivity contribution in [1.82, 2.24) is 4.90 Å². The molecule has 0 bridgehead atoms. The number of fused-ring (bicyclic) bond motifs is 1. The summed E-state index contributed by atoms with van der Waals surface area (Å²) in [5, 5.41) is 0. The molecule has 2 N–H and O–H groups in total. The molecule has 10 heteroatoms. The van der Waals surface area contributed by atoms with Crippen molar-refractivity contribution in [3.63, 3.8) is 0 Å². The number of nitrogens with two attached hydrogens (primary N) is 1. The van der Waals surface area contributed by atoms with E-state index in [4.69, 9.17) is 24.7 Å². The Balaban J connectivity index is 2.06. The molecule has 10 nitrogen and oxygen atoms in total. The zero-order chi connectivity index (χ0) is 32.5. The van der Waals surface area contributed by atoms with E-state index in [0.717, 1.165) is 6.42 Å². The highest BCUT2D eigenvalue weighted by atomic mass is 16.7. The number of hydrogen-bond acceptors (Lipinski definition) is 9. The molecule has 1 unspecified atom stereocenters. The van der Waals surface area contributed by atoms with E-state index in [9.17, 15) is 19.2 Å². The first-order valence-corrected chi connectivity index (χ1v) is 16.2. The molecule has 0 aromatic heterocycles. The van der Waals surface area contributed by atoms with E-state index >= 15 is 0 Å². The third kappa shape index (κ3) is 7.61. The molecular formula is C33H56N2O8. The Morgan fingerprint density at radius 1 is 0.977 bits per heavy atom. The van der Waals surface area contributed by atoms with E-state index < -0.39 is 71.8 Å². The number of esters is 1. The van der Waals surface area contributed by atoms with Gasteiger partial charge < -0.3 is 24.7 Å². The van der Waals surface area contributed by atoms with Gasteiger partial charge in [0.05, 0.1) is 18.2 Å². The summed E-state index contributed by atoms with van der Waals surface area (Å²) in [5.41, 5.74) is 5.43. The molecule has 0 spiro atoms. The fourth-order valence-electron chi connectivity index (χ4n) is 7.52. The minimum absolute atomic E-state index is 0.00790. The van der Waals surface area contributed by atoms with Crippen LogP contribution in [0.5, 0.6) is 0 Å². The third-order valence-corrected chi connectivity index (χ3v) is 10.1. The molecule has 0 aromatic rings. The number of rotatable bonds is 5. The van der Waals surface area contributed by atoms with Crippen molar-refractivity contribution < 1.29 is 38.1 Å². The number of amides is 1. The van der Waals surface area contributed by atoms with Gasteiger partial charge in [0.15, 0.2) is 18.2 Å². The van der Waals surface area contributed by atoms with Crippen LogP contribution in [-0.2, 0) is 33.3 Å². The standard InChI is InChI=1S/C33H56N2O8/c1-12-24-28-25(35(15-18(4)34)32(39)42-28)21(7)26(36)17(3)14-33(10,11)29(22(8)27(37)23(9)30(38)41-24)43-31-20(6)16(2)13-19(5)40-31/h16-25,28-29,31H,12-15,34H2,1-11H3/t16-,17+,18-,19+,20+,21+,22-,23+,24+,25+,28+,29+,31?/m0/s1. The molecule has 3 fully saturated rings. The number of carbonyl (C=O) groups excluding carboxylic acids is 4. The lowest BCUT2D eigenvalue weighted by molar-refractivity contribution is -0.267. The van der Waals surface area contributed by atoms with Crippen LogP contribution in [-0.4, -0.2) is 77.9 Å². The highest BCUT2D eigenvalue weighted by molar-refractivity contribution is 6.00. The van der Waals surface area contributed by atoms with Crippen molar-refractivity contribution in [3.8, 4) is 0 Å². The number of carbonyl (C=O) groups is 4. The second-order valence-corrected chi connectivity index (χ2v) is 14.5. The zero-order valence-corrected chi connectivity index (χ0v) is 28.1. The Kier molecular flexibility index (Phi) is 11.5. The topological polar surface area (TPSA) is 134 Å². The van der Waals surface area contributed by atoms with Crippen molar-refractivity contribution in [2.45, 2.75) is 138 Å². The van der Waals surface area contributed by atoms with Crippen LogP contribution in [0.15, 0.2) is 0 Å². The molecule has 3 aliphatic rings. The van der Waals surface area contributed by atoms with Crippen LogP contribution in [0.2, 0.25) is 0 Å². The summed E-state index contributed by atoms with van der Waals surface area (Å²) in [6.07, 6.45) is -1.75. The van der Waals surface area contributed by atoms with E-state index in [2.05, 4.69) is 13.8 Å². The van der Waals surface area contributed by atoms with Crippen molar-refractivity contribution in [1.29, 1.82) is 0 Å². The summed E-state index contributed by atoms with van der Waals surface area (Å²) >= 11 is 0. The van der Waals surface area contributed by atoms with Gasteiger partial charge in [-0.2, -0.15) is 0 Å². The van der Waals surface area contributed by atoms with E-state index in [0.29, 0.717) is 18.8 Å². The summed E-state index contributed by atoms with van der Waals surface area (Å²) in [7, 11) is 0. The number of ether oxygens (including phenoxy) is 4. The molecule has 3 aliphatic heterocycles. The molecule has 13 atom stereocenters. The summed E-state index contributed by atoms with van der Waals surface area (Å²) in [5.74, 6) is -3.34. The van der Waals surface area contributed by atoms with Crippen molar-refractivity contribution in [3.05, 3.63) is 0 Å². The lowest BCUT2D eigenvalue weighted by atomic mass is 9.70. The van der Waals surface area contributed by atoms with Gasteiger partial charge in [-0.3, -0.25) is 19.3 Å². The molecule has 246 valence electrons. The lowest BCUT2D eigenvalue weighted by Gasteiger charge is -2.45. The third-order valence-electron chi connectivity index (χ3n) is 10.1. The van der Waals surface area contributed by atoms with Crippen LogP contribution in [0.25, 0.3) is 0 Å². The van der Waals surface area contributed by atoms with Crippen LogP contribution in [0.1, 0.15) is 95.4 Å². The van der Waals surface area contributed by atoms with Gasteiger partial charge >= 0.3 is 12.1 Å². The Bertz CT molecular complexity index is 1030. The SMILES string of the molecule is CC[C@H]1OC(=O)[C@H](C)C(=O)[C@H](C)[C@@H](OC2O[C@H](C)C[C@H](C)[C@H]2C)C(C)(C)C[C@@H](C)C(=O)[C@H](C)[C@@H]2[C@@H]1OC(=O)N2C[C@H](C)N. The van der Waals surface area contributed by atoms with Gasteiger partial charge in [0.25, 0.3) is 0 Å². The molecule has 0 aromatic carbocycles.